The van der Waals surface area contributed by atoms with Crippen LogP contribution >= 0.6 is 0 Å². The fourth-order valence-electron chi connectivity index (χ4n) is 1.83. The molecule has 2 amide bonds. The van der Waals surface area contributed by atoms with Gasteiger partial charge in [-0.15, -0.1) is 0 Å². The van der Waals surface area contributed by atoms with E-state index in [1.165, 1.54) is 11.8 Å². The minimum Gasteiger partial charge on any atom is -0.335 e. The Hall–Kier alpha value is -2.37. The van der Waals surface area contributed by atoms with Crippen LogP contribution in [0.3, 0.4) is 0 Å². The molecule has 1 aliphatic rings. The van der Waals surface area contributed by atoms with Gasteiger partial charge in [-0.05, 0) is 18.6 Å². The summed E-state index contributed by atoms with van der Waals surface area (Å²) in [5, 5.41) is 0. The molecule has 0 saturated carbocycles. The molecule has 0 aliphatic carbocycles. The summed E-state index contributed by atoms with van der Waals surface area (Å²) in [6, 6.07) is 7.79. The monoisotopic (exact) mass is 262 g/mol. The van der Waals surface area contributed by atoms with Crippen LogP contribution in [0.25, 0.3) is 0 Å². The largest absolute Gasteiger partial charge is 0.362 e. The molecular formula is C13H14N2O4. The van der Waals surface area contributed by atoms with E-state index in [-0.39, 0.29) is 5.91 Å². The molecule has 100 valence electrons. The van der Waals surface area contributed by atoms with E-state index < -0.39 is 17.9 Å². The second-order valence-corrected chi connectivity index (χ2v) is 4.24. The number of carbonyl (C=O) groups excluding carboxylic acids is 3. The van der Waals surface area contributed by atoms with Gasteiger partial charge in [-0.3, -0.25) is 9.59 Å². The predicted molar refractivity (Wildman–Crippen MR) is 65.8 cm³/mol. The van der Waals surface area contributed by atoms with Crippen LogP contribution in [-0.4, -0.2) is 35.3 Å². The lowest BCUT2D eigenvalue weighted by Crippen LogP contribution is -2.57. The normalized spacial score (nSPS) is 17.3. The number of nitrogens with zero attached hydrogens (tertiary/aromatic N) is 1. The quantitative estimate of drug-likeness (QED) is 0.787. The number of likely N-dealkylation sites (tertiary alicyclic amines) is 1. The number of hydrogen-bond acceptors (Lipinski definition) is 4. The van der Waals surface area contributed by atoms with E-state index in [2.05, 4.69) is 5.48 Å². The van der Waals surface area contributed by atoms with Gasteiger partial charge >= 0.3 is 5.97 Å². The first kappa shape index (κ1) is 13.1. The molecule has 0 radical (unpaired) electrons. The Kier molecular flexibility index (Phi) is 3.79. The van der Waals surface area contributed by atoms with Gasteiger partial charge in [-0.2, -0.15) is 5.48 Å². The lowest BCUT2D eigenvalue weighted by molar-refractivity contribution is -0.150. The van der Waals surface area contributed by atoms with Gasteiger partial charge in [-0.25, -0.2) is 4.79 Å². The summed E-state index contributed by atoms with van der Waals surface area (Å²) in [6.45, 7) is 1.95. The van der Waals surface area contributed by atoms with Crippen molar-refractivity contribution < 1.29 is 19.2 Å². The number of hydrogen-bond donors (Lipinski definition) is 1. The van der Waals surface area contributed by atoms with Crippen LogP contribution in [0.15, 0.2) is 30.3 Å². The molecule has 2 rings (SSSR count). The molecule has 0 aromatic heterocycles. The Bertz CT molecular complexity index is 501. The van der Waals surface area contributed by atoms with Crippen LogP contribution in [0.2, 0.25) is 0 Å². The van der Waals surface area contributed by atoms with Crippen LogP contribution in [-0.2, 0) is 14.4 Å². The molecule has 1 aliphatic heterocycles. The molecule has 1 N–H and O–H groups in total. The number of nitrogens with one attached hydrogen (secondary N) is 1. The summed E-state index contributed by atoms with van der Waals surface area (Å²) in [6.07, 6.45) is 0.578. The maximum atomic E-state index is 11.7. The first-order chi connectivity index (χ1) is 9.09. The molecule has 19 heavy (non-hydrogen) atoms. The number of amides is 2. The number of rotatable bonds is 2. The van der Waals surface area contributed by atoms with Crippen molar-refractivity contribution in [2.45, 2.75) is 19.4 Å². The van der Waals surface area contributed by atoms with Crippen LogP contribution in [0.4, 0.5) is 0 Å². The summed E-state index contributed by atoms with van der Waals surface area (Å²) in [4.78, 5) is 40.5. The molecule has 1 unspecified atom stereocenters. The van der Waals surface area contributed by atoms with Crippen molar-refractivity contribution in [2.75, 3.05) is 6.54 Å². The van der Waals surface area contributed by atoms with Gasteiger partial charge < -0.3 is 9.74 Å². The third-order valence-electron chi connectivity index (χ3n) is 2.98. The zero-order valence-electron chi connectivity index (χ0n) is 10.5. The topological polar surface area (TPSA) is 75.7 Å². The van der Waals surface area contributed by atoms with Gasteiger partial charge in [0.2, 0.25) is 5.91 Å². The second-order valence-electron chi connectivity index (χ2n) is 4.24. The zero-order chi connectivity index (χ0) is 13.8. The minimum atomic E-state index is -0.636. The van der Waals surface area contributed by atoms with Crippen LogP contribution in [0.1, 0.15) is 23.7 Å². The van der Waals surface area contributed by atoms with E-state index in [0.29, 0.717) is 18.5 Å². The summed E-state index contributed by atoms with van der Waals surface area (Å²) in [7, 11) is 0. The molecular weight excluding hydrogens is 248 g/mol. The highest BCUT2D eigenvalue weighted by Gasteiger charge is 2.36. The molecule has 0 bridgehead atoms. The molecule has 6 nitrogen and oxygen atoms in total. The Balaban J connectivity index is 1.84. The van der Waals surface area contributed by atoms with E-state index in [0.717, 1.165) is 0 Å². The molecule has 1 saturated heterocycles. The fraction of sp³-hybridized carbons (Fsp3) is 0.308. The molecule has 1 aromatic rings. The van der Waals surface area contributed by atoms with E-state index in [9.17, 15) is 14.4 Å². The first-order valence-corrected chi connectivity index (χ1v) is 5.93. The highest BCUT2D eigenvalue weighted by molar-refractivity contribution is 5.92. The standard InChI is InChI=1S/C13H14N2O4/c1-9(16)15-8-7-11(15)12(17)14-19-13(18)10-5-3-2-4-6-10/h2-6,11H,7-8H2,1H3,(H,14,17). The van der Waals surface area contributed by atoms with Crippen LogP contribution in [0.5, 0.6) is 0 Å². The van der Waals surface area contributed by atoms with Crippen molar-refractivity contribution in [3.63, 3.8) is 0 Å². The number of benzene rings is 1. The lowest BCUT2D eigenvalue weighted by Gasteiger charge is -2.38. The van der Waals surface area contributed by atoms with Crippen molar-refractivity contribution in [3.8, 4) is 0 Å². The highest BCUT2D eigenvalue weighted by Crippen LogP contribution is 2.17. The van der Waals surface area contributed by atoms with Crippen molar-refractivity contribution in [1.82, 2.24) is 10.4 Å². The van der Waals surface area contributed by atoms with E-state index in [4.69, 9.17) is 4.84 Å². The zero-order valence-corrected chi connectivity index (χ0v) is 10.5. The predicted octanol–water partition coefficient (Wildman–Crippen LogP) is 0.495. The average Bonchev–Trinajstić information content (AvgIpc) is 2.35. The molecule has 0 spiro atoms. The molecule has 1 atom stereocenters. The average molecular weight is 262 g/mol. The number of hydroxylamine groups is 1. The van der Waals surface area contributed by atoms with Gasteiger partial charge in [0, 0.05) is 13.5 Å². The van der Waals surface area contributed by atoms with Gasteiger partial charge in [0.1, 0.15) is 6.04 Å². The van der Waals surface area contributed by atoms with Crippen molar-refractivity contribution in [1.29, 1.82) is 0 Å². The fourth-order valence-corrected chi connectivity index (χ4v) is 1.83. The Morgan fingerprint density at radius 2 is 1.95 bits per heavy atom. The Morgan fingerprint density at radius 3 is 2.47 bits per heavy atom. The maximum absolute atomic E-state index is 11.7. The molecule has 6 heteroatoms. The lowest BCUT2D eigenvalue weighted by atomic mass is 10.0. The van der Waals surface area contributed by atoms with Gasteiger partial charge in [0.05, 0.1) is 5.56 Å². The van der Waals surface area contributed by atoms with Gasteiger partial charge in [-0.1, -0.05) is 18.2 Å². The van der Waals surface area contributed by atoms with E-state index in [1.807, 2.05) is 0 Å². The second kappa shape index (κ2) is 5.51. The Morgan fingerprint density at radius 1 is 1.26 bits per heavy atom. The van der Waals surface area contributed by atoms with Crippen molar-refractivity contribution in [2.24, 2.45) is 0 Å². The summed E-state index contributed by atoms with van der Waals surface area (Å²) >= 11 is 0. The van der Waals surface area contributed by atoms with Gasteiger partial charge in [0.15, 0.2) is 0 Å². The Labute approximate surface area is 110 Å². The smallest absolute Gasteiger partial charge is 0.335 e. The van der Waals surface area contributed by atoms with E-state index in [1.54, 1.807) is 30.3 Å². The minimum absolute atomic E-state index is 0.166. The molecule has 1 fully saturated rings. The molecule has 1 aromatic carbocycles. The highest BCUT2D eigenvalue weighted by atomic mass is 16.7. The van der Waals surface area contributed by atoms with Gasteiger partial charge in [0.25, 0.3) is 5.91 Å². The van der Waals surface area contributed by atoms with Crippen LogP contribution < -0.4 is 5.48 Å². The van der Waals surface area contributed by atoms with Crippen molar-refractivity contribution >= 4 is 17.8 Å². The third kappa shape index (κ3) is 2.90. The summed E-state index contributed by atoms with van der Waals surface area (Å²) in [5.41, 5.74) is 2.43. The number of carbonyl (C=O) groups is 3. The summed E-state index contributed by atoms with van der Waals surface area (Å²) < 4.78 is 0. The first-order valence-electron chi connectivity index (χ1n) is 5.93. The summed E-state index contributed by atoms with van der Waals surface area (Å²) in [5.74, 6) is -1.28. The van der Waals surface area contributed by atoms with Crippen LogP contribution in [0, 0.1) is 0 Å². The van der Waals surface area contributed by atoms with Crippen molar-refractivity contribution in [3.05, 3.63) is 35.9 Å². The maximum Gasteiger partial charge on any atom is 0.362 e. The SMILES string of the molecule is CC(=O)N1CCC1C(=O)NOC(=O)c1ccccc1. The van der Waals surface area contributed by atoms with E-state index >= 15 is 0 Å². The molecule has 1 heterocycles. The third-order valence-corrected chi connectivity index (χ3v) is 2.98.